The summed E-state index contributed by atoms with van der Waals surface area (Å²) in [4.78, 5) is 10.6. The van der Waals surface area contributed by atoms with Gasteiger partial charge >= 0.3 is 5.97 Å². The van der Waals surface area contributed by atoms with Crippen molar-refractivity contribution in [3.05, 3.63) is 17.5 Å². The zero-order valence-corrected chi connectivity index (χ0v) is 7.13. The van der Waals surface area contributed by atoms with Gasteiger partial charge in [-0.2, -0.15) is 5.10 Å². The van der Waals surface area contributed by atoms with Crippen LogP contribution in [0.5, 0.6) is 0 Å². The van der Waals surface area contributed by atoms with Gasteiger partial charge in [0.1, 0.15) is 5.56 Å². The van der Waals surface area contributed by atoms with Crippen LogP contribution >= 0.6 is 0 Å². The van der Waals surface area contributed by atoms with Crippen LogP contribution in [-0.4, -0.2) is 27.2 Å². The van der Waals surface area contributed by atoms with E-state index in [4.69, 9.17) is 5.11 Å². The first-order valence-corrected chi connectivity index (χ1v) is 4.14. The third-order valence-corrected chi connectivity index (χ3v) is 2.40. The number of H-pyrrole nitrogens is 1. The molecule has 1 saturated carbocycles. The molecular weight excluding hydrogens is 194 g/mol. The summed E-state index contributed by atoms with van der Waals surface area (Å²) in [7, 11) is 0. The monoisotopic (exact) mass is 202 g/mol. The maximum Gasteiger partial charge on any atom is 0.339 e. The van der Waals surface area contributed by atoms with E-state index in [2.05, 4.69) is 10.2 Å². The Balaban J connectivity index is 2.18. The van der Waals surface area contributed by atoms with Crippen LogP contribution in [0.15, 0.2) is 6.20 Å². The summed E-state index contributed by atoms with van der Waals surface area (Å²) >= 11 is 0. The molecule has 0 radical (unpaired) electrons. The molecule has 0 aliphatic heterocycles. The summed E-state index contributed by atoms with van der Waals surface area (Å²) in [5, 5.41) is 14.7. The largest absolute Gasteiger partial charge is 0.478 e. The van der Waals surface area contributed by atoms with Gasteiger partial charge in [-0.3, -0.25) is 5.10 Å². The average Bonchev–Trinajstić information content (AvgIpc) is 2.46. The number of aromatic nitrogens is 2. The van der Waals surface area contributed by atoms with E-state index in [1.165, 1.54) is 0 Å². The van der Waals surface area contributed by atoms with Crippen molar-refractivity contribution in [1.82, 2.24) is 10.2 Å². The number of aromatic amines is 1. The Morgan fingerprint density at radius 1 is 1.64 bits per heavy atom. The van der Waals surface area contributed by atoms with Gasteiger partial charge in [0.05, 0.1) is 11.9 Å². The van der Waals surface area contributed by atoms with E-state index in [-0.39, 0.29) is 18.4 Å². The summed E-state index contributed by atoms with van der Waals surface area (Å²) in [5.41, 5.74) is 0.300. The molecule has 76 valence electrons. The van der Waals surface area contributed by atoms with Gasteiger partial charge in [0, 0.05) is 18.8 Å². The van der Waals surface area contributed by atoms with Crippen molar-refractivity contribution in [3.63, 3.8) is 0 Å². The predicted molar refractivity (Wildman–Crippen MR) is 42.5 cm³/mol. The SMILES string of the molecule is O=C(O)c1cn[nH]c1C1CC(F)(F)C1. The number of nitrogens with one attached hydrogen (secondary N) is 1. The normalized spacial score (nSPS) is 20.4. The molecule has 0 aromatic carbocycles. The van der Waals surface area contributed by atoms with Crippen LogP contribution in [0.3, 0.4) is 0 Å². The molecule has 0 unspecified atom stereocenters. The fourth-order valence-corrected chi connectivity index (χ4v) is 1.64. The Morgan fingerprint density at radius 2 is 2.29 bits per heavy atom. The molecule has 2 rings (SSSR count). The van der Waals surface area contributed by atoms with Crippen molar-refractivity contribution >= 4 is 5.97 Å². The molecule has 0 bridgehead atoms. The fourth-order valence-electron chi connectivity index (χ4n) is 1.64. The van der Waals surface area contributed by atoms with Crippen molar-refractivity contribution in [2.75, 3.05) is 0 Å². The predicted octanol–water partition coefficient (Wildman–Crippen LogP) is 1.62. The van der Waals surface area contributed by atoms with E-state index in [0.717, 1.165) is 6.20 Å². The van der Waals surface area contributed by atoms with Crippen molar-refractivity contribution in [3.8, 4) is 0 Å². The average molecular weight is 202 g/mol. The minimum Gasteiger partial charge on any atom is -0.478 e. The molecule has 1 fully saturated rings. The summed E-state index contributed by atoms with van der Waals surface area (Å²) in [6.07, 6.45) is 0.555. The molecule has 1 heterocycles. The summed E-state index contributed by atoms with van der Waals surface area (Å²) in [6, 6.07) is 0. The number of aromatic carboxylic acids is 1. The lowest BCUT2D eigenvalue weighted by Gasteiger charge is -2.34. The molecule has 0 spiro atoms. The second-order valence-electron chi connectivity index (χ2n) is 3.46. The number of nitrogens with zero attached hydrogens (tertiary/aromatic N) is 1. The highest BCUT2D eigenvalue weighted by Crippen LogP contribution is 2.48. The first kappa shape index (κ1) is 9.11. The topological polar surface area (TPSA) is 66.0 Å². The molecule has 1 aliphatic carbocycles. The first-order chi connectivity index (χ1) is 6.49. The van der Waals surface area contributed by atoms with Gasteiger partial charge in [0.25, 0.3) is 0 Å². The molecule has 1 aromatic rings. The number of halogens is 2. The lowest BCUT2D eigenvalue weighted by molar-refractivity contribution is -0.0877. The Morgan fingerprint density at radius 3 is 2.79 bits per heavy atom. The standard InChI is InChI=1S/C8H8F2N2O2/c9-8(10)1-4(2-8)6-5(7(13)14)3-11-12-6/h3-4H,1-2H2,(H,11,12)(H,13,14). The van der Waals surface area contributed by atoms with Gasteiger partial charge in [-0.1, -0.05) is 0 Å². The van der Waals surface area contributed by atoms with Crippen LogP contribution in [0.1, 0.15) is 34.8 Å². The van der Waals surface area contributed by atoms with Crippen LogP contribution in [-0.2, 0) is 0 Å². The number of carboxylic acids is 1. The zero-order chi connectivity index (χ0) is 10.3. The first-order valence-electron chi connectivity index (χ1n) is 4.14. The fraction of sp³-hybridized carbons (Fsp3) is 0.500. The maximum atomic E-state index is 12.5. The van der Waals surface area contributed by atoms with Crippen molar-refractivity contribution in [2.24, 2.45) is 0 Å². The number of carbonyl (C=O) groups is 1. The highest BCUT2D eigenvalue weighted by atomic mass is 19.3. The molecule has 4 nitrogen and oxygen atoms in total. The van der Waals surface area contributed by atoms with Crippen molar-refractivity contribution in [2.45, 2.75) is 24.7 Å². The Bertz CT molecular complexity index is 367. The maximum absolute atomic E-state index is 12.5. The third kappa shape index (κ3) is 1.36. The number of alkyl halides is 2. The number of carboxylic acid groups (broad SMARTS) is 1. The molecule has 0 atom stereocenters. The zero-order valence-electron chi connectivity index (χ0n) is 7.13. The smallest absolute Gasteiger partial charge is 0.339 e. The molecule has 1 aromatic heterocycles. The molecule has 14 heavy (non-hydrogen) atoms. The van der Waals surface area contributed by atoms with E-state index in [9.17, 15) is 13.6 Å². The van der Waals surface area contributed by atoms with Crippen LogP contribution in [0.25, 0.3) is 0 Å². The van der Waals surface area contributed by atoms with Gasteiger partial charge in [-0.15, -0.1) is 0 Å². The number of rotatable bonds is 2. The minimum atomic E-state index is -2.65. The van der Waals surface area contributed by atoms with Crippen LogP contribution in [0.2, 0.25) is 0 Å². The van der Waals surface area contributed by atoms with Gasteiger partial charge in [-0.25, -0.2) is 13.6 Å². The summed E-state index contributed by atoms with van der Waals surface area (Å²) in [5.74, 6) is -4.19. The number of hydrogen-bond donors (Lipinski definition) is 2. The minimum absolute atomic E-state index is 0.00880. The highest BCUT2D eigenvalue weighted by Gasteiger charge is 2.47. The van der Waals surface area contributed by atoms with Gasteiger partial charge < -0.3 is 5.11 Å². The highest BCUT2D eigenvalue weighted by molar-refractivity contribution is 5.88. The van der Waals surface area contributed by atoms with Crippen molar-refractivity contribution in [1.29, 1.82) is 0 Å². The second kappa shape index (κ2) is 2.76. The molecule has 2 N–H and O–H groups in total. The quantitative estimate of drug-likeness (QED) is 0.765. The lowest BCUT2D eigenvalue weighted by atomic mass is 9.78. The van der Waals surface area contributed by atoms with Crippen LogP contribution in [0.4, 0.5) is 8.78 Å². The van der Waals surface area contributed by atoms with E-state index < -0.39 is 17.8 Å². The molecule has 6 heteroatoms. The Hall–Kier alpha value is -1.46. The summed E-state index contributed by atoms with van der Waals surface area (Å²) < 4.78 is 25.1. The summed E-state index contributed by atoms with van der Waals surface area (Å²) in [6.45, 7) is 0. The van der Waals surface area contributed by atoms with Crippen LogP contribution in [0, 0.1) is 0 Å². The van der Waals surface area contributed by atoms with E-state index in [1.807, 2.05) is 0 Å². The molecule has 1 aliphatic rings. The van der Waals surface area contributed by atoms with Gasteiger partial charge in [-0.05, 0) is 0 Å². The second-order valence-corrected chi connectivity index (χ2v) is 3.46. The molecule has 0 saturated heterocycles. The van der Waals surface area contributed by atoms with Gasteiger partial charge in [0.2, 0.25) is 5.92 Å². The van der Waals surface area contributed by atoms with Gasteiger partial charge in [0.15, 0.2) is 0 Å². The Labute approximate surface area is 77.9 Å². The van der Waals surface area contributed by atoms with Crippen molar-refractivity contribution < 1.29 is 18.7 Å². The van der Waals surface area contributed by atoms with E-state index in [1.54, 1.807) is 0 Å². The Kier molecular flexibility index (Phi) is 1.80. The number of hydrogen-bond acceptors (Lipinski definition) is 2. The van der Waals surface area contributed by atoms with Crippen LogP contribution < -0.4 is 0 Å². The van der Waals surface area contributed by atoms with E-state index >= 15 is 0 Å². The van der Waals surface area contributed by atoms with E-state index in [0.29, 0.717) is 5.69 Å². The lowest BCUT2D eigenvalue weighted by Crippen LogP contribution is -2.34. The third-order valence-electron chi connectivity index (χ3n) is 2.40. The molecule has 0 amide bonds. The molecular formula is C8H8F2N2O2.